The Labute approximate surface area is 69.0 Å². The van der Waals surface area contributed by atoms with Gasteiger partial charge in [0.1, 0.15) is 0 Å². The molecule has 0 aromatic rings. The van der Waals surface area contributed by atoms with Gasteiger partial charge in [0.25, 0.3) is 0 Å². The molecule has 2 rings (SSSR count). The molecule has 2 aliphatic rings. The van der Waals surface area contributed by atoms with Crippen LogP contribution in [-0.2, 0) is 0 Å². The van der Waals surface area contributed by atoms with E-state index in [9.17, 15) is 0 Å². The average molecular weight is 147 g/mol. The Morgan fingerprint density at radius 3 is 3.00 bits per heavy atom. The van der Waals surface area contributed by atoms with Crippen LogP contribution in [0.2, 0.25) is 0 Å². The number of rotatable bonds is 0. The molecule has 0 spiro atoms. The number of hydrogen-bond donors (Lipinski definition) is 0. The second kappa shape index (κ2) is 2.23. The Kier molecular flexibility index (Phi) is 1.45. The van der Waals surface area contributed by atoms with Crippen LogP contribution in [0.15, 0.2) is 18.2 Å². The van der Waals surface area contributed by atoms with Gasteiger partial charge in [0.05, 0.1) is 0 Å². The summed E-state index contributed by atoms with van der Waals surface area (Å²) in [6.45, 7) is 4.74. The molecule has 0 aromatic heterocycles. The molecular weight excluding hydrogens is 132 g/mol. The second-order valence-electron chi connectivity index (χ2n) is 4.38. The van der Waals surface area contributed by atoms with Crippen molar-refractivity contribution in [3.63, 3.8) is 0 Å². The molecule has 59 valence electrons. The third kappa shape index (κ3) is 1.05. The van der Waals surface area contributed by atoms with E-state index in [-0.39, 0.29) is 0 Å². The molecule has 0 saturated heterocycles. The summed E-state index contributed by atoms with van der Waals surface area (Å²) >= 11 is 0. The lowest BCUT2D eigenvalue weighted by molar-refractivity contribution is 0.286. The first-order chi connectivity index (χ1) is 5.20. The van der Waals surface area contributed by atoms with E-state index in [1.807, 2.05) is 0 Å². The van der Waals surface area contributed by atoms with E-state index >= 15 is 0 Å². The van der Waals surface area contributed by atoms with Crippen molar-refractivity contribution >= 4 is 0 Å². The van der Waals surface area contributed by atoms with Crippen LogP contribution in [0.4, 0.5) is 0 Å². The Bertz CT molecular complexity index is 208. The molecule has 2 atom stereocenters. The fourth-order valence-electron chi connectivity index (χ4n) is 2.35. The van der Waals surface area contributed by atoms with Crippen LogP contribution in [0.5, 0.6) is 0 Å². The van der Waals surface area contributed by atoms with Gasteiger partial charge < -0.3 is 0 Å². The van der Waals surface area contributed by atoms with E-state index in [1.165, 1.54) is 12.8 Å². The summed E-state index contributed by atoms with van der Waals surface area (Å²) in [6, 6.07) is 0. The maximum Gasteiger partial charge on any atom is -0.00907 e. The summed E-state index contributed by atoms with van der Waals surface area (Å²) in [5.41, 5.74) is 0.516. The van der Waals surface area contributed by atoms with Crippen LogP contribution < -0.4 is 0 Å². The molecule has 0 heterocycles. The molecule has 2 aliphatic carbocycles. The highest BCUT2D eigenvalue weighted by Crippen LogP contribution is 2.48. The van der Waals surface area contributed by atoms with Crippen molar-refractivity contribution in [2.75, 3.05) is 0 Å². The Morgan fingerprint density at radius 1 is 1.45 bits per heavy atom. The highest BCUT2D eigenvalue weighted by Gasteiger charge is 2.39. The minimum atomic E-state index is 0.516. The molecule has 11 heavy (non-hydrogen) atoms. The lowest BCUT2D eigenvalue weighted by Crippen LogP contribution is -2.20. The zero-order valence-corrected chi connectivity index (χ0v) is 7.30. The molecule has 0 heteroatoms. The second-order valence-corrected chi connectivity index (χ2v) is 4.38. The van der Waals surface area contributed by atoms with Gasteiger partial charge in [0.2, 0.25) is 0 Å². The van der Waals surface area contributed by atoms with Crippen molar-refractivity contribution in [1.82, 2.24) is 0 Å². The Hall–Kier alpha value is -0.520. The first-order valence-corrected chi connectivity index (χ1v) is 4.46. The van der Waals surface area contributed by atoms with Crippen LogP contribution in [0.25, 0.3) is 0 Å². The van der Waals surface area contributed by atoms with Gasteiger partial charge >= 0.3 is 0 Å². The zero-order valence-electron chi connectivity index (χ0n) is 7.30. The molecule has 0 aromatic carbocycles. The van der Waals surface area contributed by atoms with Gasteiger partial charge in [-0.3, -0.25) is 0 Å². The van der Waals surface area contributed by atoms with E-state index in [4.69, 9.17) is 0 Å². The largest absolute Gasteiger partial charge is 0.0803 e. The van der Waals surface area contributed by atoms with Gasteiger partial charge in [0, 0.05) is 0 Å². The molecule has 0 amide bonds. The van der Waals surface area contributed by atoms with Gasteiger partial charge in [0.15, 0.2) is 0 Å². The fraction of sp³-hybridized carbons (Fsp3) is 0.636. The van der Waals surface area contributed by atoms with Crippen molar-refractivity contribution < 1.29 is 0 Å². The highest BCUT2D eigenvalue weighted by molar-refractivity contribution is 5.15. The van der Waals surface area contributed by atoms with Gasteiger partial charge in [-0.1, -0.05) is 32.1 Å². The molecule has 0 bridgehead atoms. The predicted octanol–water partition coefficient (Wildman–Crippen LogP) is 2.97. The fourth-order valence-corrected chi connectivity index (χ4v) is 2.35. The monoisotopic (exact) mass is 147 g/mol. The van der Waals surface area contributed by atoms with Crippen LogP contribution in [-0.4, -0.2) is 0 Å². The standard InChI is InChI=1S/C11H15/c1-11(2)8-7-9-5-3-4-6-10(9)11/h3-4,6,9-10H,7-8H2,1-2H3. The summed E-state index contributed by atoms with van der Waals surface area (Å²) in [5.74, 6) is 1.47. The lowest BCUT2D eigenvalue weighted by Gasteiger charge is -2.27. The van der Waals surface area contributed by atoms with Crippen molar-refractivity contribution in [1.29, 1.82) is 0 Å². The smallest absolute Gasteiger partial charge is 0.00907 e. The molecule has 1 fully saturated rings. The molecule has 1 radical (unpaired) electrons. The van der Waals surface area contributed by atoms with Gasteiger partial charge in [-0.15, -0.1) is 0 Å². The summed E-state index contributed by atoms with van der Waals surface area (Å²) < 4.78 is 0. The minimum Gasteiger partial charge on any atom is -0.0803 e. The van der Waals surface area contributed by atoms with E-state index in [1.54, 1.807) is 0 Å². The van der Waals surface area contributed by atoms with Crippen molar-refractivity contribution in [2.24, 2.45) is 17.3 Å². The van der Waals surface area contributed by atoms with Crippen LogP contribution >= 0.6 is 0 Å². The van der Waals surface area contributed by atoms with Crippen molar-refractivity contribution in [2.45, 2.75) is 26.7 Å². The quantitative estimate of drug-likeness (QED) is 0.494. The van der Waals surface area contributed by atoms with Gasteiger partial charge in [-0.05, 0) is 36.2 Å². The van der Waals surface area contributed by atoms with Gasteiger partial charge in [-0.2, -0.15) is 0 Å². The Balaban J connectivity index is 2.26. The molecule has 1 saturated carbocycles. The highest BCUT2D eigenvalue weighted by atomic mass is 14.4. The van der Waals surface area contributed by atoms with E-state index < -0.39 is 0 Å². The molecule has 0 aliphatic heterocycles. The Morgan fingerprint density at radius 2 is 2.27 bits per heavy atom. The van der Waals surface area contributed by atoms with Crippen LogP contribution in [0.3, 0.4) is 0 Å². The maximum atomic E-state index is 3.42. The summed E-state index contributed by atoms with van der Waals surface area (Å²) in [4.78, 5) is 0. The zero-order chi connectivity index (χ0) is 7.90. The third-order valence-electron chi connectivity index (χ3n) is 3.16. The summed E-state index contributed by atoms with van der Waals surface area (Å²) in [5, 5.41) is 0. The minimum absolute atomic E-state index is 0.516. The molecule has 0 N–H and O–H groups in total. The maximum absolute atomic E-state index is 3.42. The first kappa shape index (κ1) is 7.15. The predicted molar refractivity (Wildman–Crippen MR) is 46.9 cm³/mol. The van der Waals surface area contributed by atoms with Gasteiger partial charge in [-0.25, -0.2) is 0 Å². The number of hydrogen-bond acceptors (Lipinski definition) is 0. The first-order valence-electron chi connectivity index (χ1n) is 4.46. The van der Waals surface area contributed by atoms with Crippen LogP contribution in [0.1, 0.15) is 26.7 Å². The van der Waals surface area contributed by atoms with E-state index in [0.717, 1.165) is 11.8 Å². The molecule has 0 nitrogen and oxygen atoms in total. The topological polar surface area (TPSA) is 0 Å². The van der Waals surface area contributed by atoms with Crippen LogP contribution in [0, 0.1) is 23.3 Å². The molecule has 2 unspecified atom stereocenters. The molecular formula is C11H15. The normalized spacial score (nSPS) is 39.1. The number of allylic oxidation sites excluding steroid dienone is 4. The summed E-state index contributed by atoms with van der Waals surface area (Å²) in [6.07, 6.45) is 12.7. The summed E-state index contributed by atoms with van der Waals surface area (Å²) in [7, 11) is 0. The SMILES string of the molecule is CC1(C)CCC2[C]=CC=CC21. The average Bonchev–Trinajstić information content (AvgIpc) is 2.29. The third-order valence-corrected chi connectivity index (χ3v) is 3.16. The lowest BCUT2D eigenvalue weighted by atomic mass is 9.77. The van der Waals surface area contributed by atoms with Crippen molar-refractivity contribution in [3.8, 4) is 0 Å². The van der Waals surface area contributed by atoms with E-state index in [0.29, 0.717) is 5.41 Å². The number of fused-ring (bicyclic) bond motifs is 1. The van der Waals surface area contributed by atoms with Crippen molar-refractivity contribution in [3.05, 3.63) is 24.3 Å². The van der Waals surface area contributed by atoms with E-state index in [2.05, 4.69) is 38.2 Å².